The van der Waals surface area contributed by atoms with Gasteiger partial charge in [-0.05, 0) is 32.4 Å². The third-order valence-corrected chi connectivity index (χ3v) is 3.25. The van der Waals surface area contributed by atoms with E-state index in [1.54, 1.807) is 13.2 Å². The Morgan fingerprint density at radius 1 is 1.21 bits per heavy atom. The fraction of sp³-hybridized carbons (Fsp3) is 0.611. The van der Waals surface area contributed by atoms with Gasteiger partial charge in [-0.3, -0.25) is 0 Å². The predicted octanol–water partition coefficient (Wildman–Crippen LogP) is 3.60. The summed E-state index contributed by atoms with van der Waals surface area (Å²) in [7, 11) is 1.59. The Hall–Kier alpha value is -1.43. The highest BCUT2D eigenvalue weighted by atomic mass is 127. The quantitative estimate of drug-likeness (QED) is 0.203. The number of hydrogen-bond acceptors (Lipinski definition) is 4. The van der Waals surface area contributed by atoms with Crippen molar-refractivity contribution >= 4 is 29.9 Å². The van der Waals surface area contributed by atoms with Crippen LogP contribution in [-0.4, -0.2) is 58.2 Å². The second kappa shape index (κ2) is 14.6. The molecule has 0 fully saturated rings. The summed E-state index contributed by atoms with van der Waals surface area (Å²) in [5.41, 5.74) is 0. The number of alkyl halides is 3. The van der Waals surface area contributed by atoms with Crippen molar-refractivity contribution in [2.45, 2.75) is 32.5 Å². The van der Waals surface area contributed by atoms with Crippen molar-refractivity contribution in [3.63, 3.8) is 0 Å². The third-order valence-electron chi connectivity index (χ3n) is 3.25. The molecule has 0 bridgehead atoms. The van der Waals surface area contributed by atoms with Crippen LogP contribution in [-0.2, 0) is 4.74 Å². The molecule has 10 heteroatoms. The molecule has 0 spiro atoms. The summed E-state index contributed by atoms with van der Waals surface area (Å²) in [5.74, 6) is 1.98. The Labute approximate surface area is 181 Å². The predicted molar refractivity (Wildman–Crippen MR) is 114 cm³/mol. The van der Waals surface area contributed by atoms with Gasteiger partial charge >= 0.3 is 6.18 Å². The third kappa shape index (κ3) is 12.9. The van der Waals surface area contributed by atoms with Gasteiger partial charge in [0.25, 0.3) is 0 Å². The molecule has 0 aliphatic rings. The molecule has 0 radical (unpaired) electrons. The molecule has 0 aromatic heterocycles. The van der Waals surface area contributed by atoms with Crippen LogP contribution < -0.4 is 20.1 Å². The molecule has 1 atom stereocenters. The molecule has 0 aliphatic heterocycles. The van der Waals surface area contributed by atoms with Gasteiger partial charge in [-0.15, -0.1) is 24.0 Å². The van der Waals surface area contributed by atoms with Crippen LogP contribution in [0.4, 0.5) is 13.2 Å². The van der Waals surface area contributed by atoms with Gasteiger partial charge in [0.2, 0.25) is 0 Å². The molecular formula is C18H29F3IN3O3. The van der Waals surface area contributed by atoms with Gasteiger partial charge in [0.05, 0.1) is 13.7 Å². The number of nitrogens with zero attached hydrogens (tertiary/aromatic N) is 1. The number of ether oxygens (including phenoxy) is 3. The highest BCUT2D eigenvalue weighted by molar-refractivity contribution is 14.0. The average molecular weight is 519 g/mol. The van der Waals surface area contributed by atoms with Crippen molar-refractivity contribution in [2.24, 2.45) is 4.99 Å². The first-order valence-corrected chi connectivity index (χ1v) is 8.81. The van der Waals surface area contributed by atoms with E-state index in [0.717, 1.165) is 0 Å². The van der Waals surface area contributed by atoms with Crippen molar-refractivity contribution in [3.8, 4) is 11.5 Å². The number of guanidine groups is 1. The maximum Gasteiger partial charge on any atom is 0.411 e. The van der Waals surface area contributed by atoms with Gasteiger partial charge < -0.3 is 24.8 Å². The molecule has 6 nitrogen and oxygen atoms in total. The van der Waals surface area contributed by atoms with Gasteiger partial charge in [-0.25, -0.2) is 4.99 Å². The lowest BCUT2D eigenvalue weighted by atomic mass is 10.3. The number of aliphatic imine (C=N–C) groups is 1. The largest absolute Gasteiger partial charge is 0.497 e. The summed E-state index contributed by atoms with van der Waals surface area (Å²) in [6.45, 7) is 4.17. The summed E-state index contributed by atoms with van der Waals surface area (Å²) in [5, 5.41) is 6.14. The fourth-order valence-electron chi connectivity index (χ4n) is 2.07. The number of benzene rings is 1. The van der Waals surface area contributed by atoms with Crippen LogP contribution >= 0.6 is 24.0 Å². The van der Waals surface area contributed by atoms with E-state index in [-0.39, 0.29) is 36.7 Å². The van der Waals surface area contributed by atoms with Gasteiger partial charge in [-0.1, -0.05) is 6.07 Å². The molecule has 0 amide bonds. The van der Waals surface area contributed by atoms with Crippen LogP contribution in [0, 0.1) is 0 Å². The number of hydrogen-bond donors (Lipinski definition) is 2. The number of nitrogens with one attached hydrogen (secondary N) is 2. The molecular weight excluding hydrogens is 490 g/mol. The molecule has 162 valence electrons. The van der Waals surface area contributed by atoms with E-state index in [4.69, 9.17) is 9.47 Å². The molecule has 0 saturated heterocycles. The smallest absolute Gasteiger partial charge is 0.411 e. The minimum atomic E-state index is -4.29. The molecule has 0 heterocycles. The van der Waals surface area contributed by atoms with E-state index in [1.165, 1.54) is 0 Å². The molecule has 0 aliphatic carbocycles. The van der Waals surface area contributed by atoms with Gasteiger partial charge in [0.15, 0.2) is 5.96 Å². The molecule has 1 unspecified atom stereocenters. The monoisotopic (exact) mass is 519 g/mol. The van der Waals surface area contributed by atoms with E-state index in [1.807, 2.05) is 32.0 Å². The molecule has 1 aromatic rings. The fourth-order valence-corrected chi connectivity index (χ4v) is 2.07. The Morgan fingerprint density at radius 3 is 2.57 bits per heavy atom. The zero-order chi connectivity index (χ0) is 20.1. The SMILES string of the molecule is CCNC(=NCC(C)Oc1cccc(OC)c1)NCCCOCC(F)(F)F.I. The Bertz CT molecular complexity index is 574. The van der Waals surface area contributed by atoms with E-state index in [9.17, 15) is 13.2 Å². The minimum Gasteiger partial charge on any atom is -0.497 e. The Morgan fingerprint density at radius 2 is 1.93 bits per heavy atom. The summed E-state index contributed by atoms with van der Waals surface area (Å²) < 4.78 is 51.5. The summed E-state index contributed by atoms with van der Waals surface area (Å²) in [6.07, 6.45) is -4.01. The lowest BCUT2D eigenvalue weighted by Crippen LogP contribution is -2.38. The highest BCUT2D eigenvalue weighted by Gasteiger charge is 2.27. The zero-order valence-corrected chi connectivity index (χ0v) is 18.7. The summed E-state index contributed by atoms with van der Waals surface area (Å²) >= 11 is 0. The number of halogens is 4. The van der Waals surface area contributed by atoms with E-state index in [2.05, 4.69) is 20.4 Å². The van der Waals surface area contributed by atoms with E-state index < -0.39 is 12.8 Å². The second-order valence-electron chi connectivity index (χ2n) is 5.78. The van der Waals surface area contributed by atoms with Crippen molar-refractivity contribution in [1.29, 1.82) is 0 Å². The standard InChI is InChI=1S/C18H28F3N3O3.HI/c1-4-22-17(23-9-6-10-26-13-18(19,20)21)24-12-14(2)27-16-8-5-7-15(11-16)25-3;/h5,7-8,11,14H,4,6,9-10,12-13H2,1-3H3,(H2,22,23,24);1H. The average Bonchev–Trinajstić information content (AvgIpc) is 2.61. The lowest BCUT2D eigenvalue weighted by molar-refractivity contribution is -0.173. The molecule has 28 heavy (non-hydrogen) atoms. The number of methoxy groups -OCH3 is 1. The number of rotatable bonds is 11. The highest BCUT2D eigenvalue weighted by Crippen LogP contribution is 2.20. The van der Waals surface area contributed by atoms with E-state index in [0.29, 0.717) is 43.5 Å². The van der Waals surface area contributed by atoms with Crippen LogP contribution in [0.2, 0.25) is 0 Å². The van der Waals surface area contributed by atoms with Crippen molar-refractivity contribution in [2.75, 3.05) is 40.0 Å². The molecule has 1 aromatic carbocycles. The van der Waals surface area contributed by atoms with Crippen LogP contribution in [0.15, 0.2) is 29.3 Å². The van der Waals surface area contributed by atoms with Gasteiger partial charge in [0, 0.05) is 25.8 Å². The first kappa shape index (κ1) is 26.6. The maximum absolute atomic E-state index is 12.0. The van der Waals surface area contributed by atoms with Crippen molar-refractivity contribution in [3.05, 3.63) is 24.3 Å². The first-order chi connectivity index (χ1) is 12.8. The summed E-state index contributed by atoms with van der Waals surface area (Å²) in [6, 6.07) is 7.32. The topological polar surface area (TPSA) is 64.1 Å². The van der Waals surface area contributed by atoms with Crippen LogP contribution in [0.3, 0.4) is 0 Å². The maximum atomic E-state index is 12.0. The van der Waals surface area contributed by atoms with Crippen LogP contribution in [0.25, 0.3) is 0 Å². The molecule has 2 N–H and O–H groups in total. The first-order valence-electron chi connectivity index (χ1n) is 8.81. The van der Waals surface area contributed by atoms with Gasteiger partial charge in [-0.2, -0.15) is 13.2 Å². The van der Waals surface area contributed by atoms with Crippen LogP contribution in [0.1, 0.15) is 20.3 Å². The normalized spacial score (nSPS) is 12.7. The van der Waals surface area contributed by atoms with Crippen molar-refractivity contribution in [1.82, 2.24) is 10.6 Å². The van der Waals surface area contributed by atoms with Crippen molar-refractivity contribution < 1.29 is 27.4 Å². The zero-order valence-electron chi connectivity index (χ0n) is 16.3. The molecule has 0 saturated carbocycles. The Balaban J connectivity index is 0.00000729. The minimum absolute atomic E-state index is 0. The molecule has 1 rings (SSSR count). The van der Waals surface area contributed by atoms with Gasteiger partial charge in [0.1, 0.15) is 24.2 Å². The van der Waals surface area contributed by atoms with Crippen LogP contribution in [0.5, 0.6) is 11.5 Å². The second-order valence-corrected chi connectivity index (χ2v) is 5.78. The summed E-state index contributed by atoms with van der Waals surface area (Å²) in [4.78, 5) is 4.43. The van der Waals surface area contributed by atoms with E-state index >= 15 is 0 Å². The lowest BCUT2D eigenvalue weighted by Gasteiger charge is -2.15. The Kier molecular flexibility index (Phi) is 13.8.